The first kappa shape index (κ1) is 18.4. The van der Waals surface area contributed by atoms with Crippen LogP contribution < -0.4 is 0 Å². The Kier molecular flexibility index (Phi) is 5.60. The second-order valence-electron chi connectivity index (χ2n) is 6.72. The summed E-state index contributed by atoms with van der Waals surface area (Å²) in [6.45, 7) is 7.94. The number of esters is 1. The fraction of sp³-hybridized carbons (Fsp3) is 0.300. The summed E-state index contributed by atoms with van der Waals surface area (Å²) in [4.78, 5) is 24.7. The third-order valence-corrected chi connectivity index (χ3v) is 4.47. The van der Waals surface area contributed by atoms with Crippen molar-refractivity contribution in [3.63, 3.8) is 0 Å². The smallest absolute Gasteiger partial charge is 0.339 e. The molecule has 3 nitrogen and oxygen atoms in total. The standard InChI is InChI=1S/C20H21BrO3/c1-13(24-19(23)16-7-5-6-8-17(16)21)18(22)14-9-11-15(12-10-14)20(2,3)4/h5-13H,1-4H3/t13-/m1/s1. The maximum Gasteiger partial charge on any atom is 0.339 e. The minimum absolute atomic E-state index is 0.0270. The van der Waals surface area contributed by atoms with Gasteiger partial charge < -0.3 is 4.74 Å². The third kappa shape index (κ3) is 4.32. The fourth-order valence-electron chi connectivity index (χ4n) is 2.27. The van der Waals surface area contributed by atoms with Gasteiger partial charge in [-0.1, -0.05) is 57.2 Å². The van der Waals surface area contributed by atoms with Gasteiger partial charge in [0, 0.05) is 10.0 Å². The Labute approximate surface area is 151 Å². The van der Waals surface area contributed by atoms with Gasteiger partial charge in [-0.2, -0.15) is 0 Å². The molecule has 0 aliphatic heterocycles. The molecule has 0 spiro atoms. The molecule has 0 radical (unpaired) electrons. The van der Waals surface area contributed by atoms with Gasteiger partial charge in [0.2, 0.25) is 5.78 Å². The minimum atomic E-state index is -0.843. The Morgan fingerprint density at radius 3 is 2.12 bits per heavy atom. The van der Waals surface area contributed by atoms with Crippen molar-refractivity contribution in [3.05, 3.63) is 69.7 Å². The van der Waals surface area contributed by atoms with Crippen LogP contribution in [0.4, 0.5) is 0 Å². The van der Waals surface area contributed by atoms with Crippen molar-refractivity contribution < 1.29 is 14.3 Å². The van der Waals surface area contributed by atoms with E-state index in [9.17, 15) is 9.59 Å². The number of halogens is 1. The van der Waals surface area contributed by atoms with Gasteiger partial charge in [0.25, 0.3) is 0 Å². The molecule has 0 fully saturated rings. The third-order valence-electron chi connectivity index (χ3n) is 3.78. The first-order valence-corrected chi connectivity index (χ1v) is 8.59. The van der Waals surface area contributed by atoms with Crippen LogP contribution in [0.2, 0.25) is 0 Å². The van der Waals surface area contributed by atoms with Gasteiger partial charge in [0.05, 0.1) is 5.56 Å². The molecule has 2 rings (SSSR count). The van der Waals surface area contributed by atoms with E-state index >= 15 is 0 Å². The van der Waals surface area contributed by atoms with E-state index in [0.29, 0.717) is 15.6 Å². The molecule has 0 bridgehead atoms. The monoisotopic (exact) mass is 388 g/mol. The summed E-state index contributed by atoms with van der Waals surface area (Å²) < 4.78 is 5.96. The molecule has 0 unspecified atom stereocenters. The molecule has 0 aliphatic rings. The molecule has 0 amide bonds. The number of hydrogen-bond acceptors (Lipinski definition) is 3. The van der Waals surface area contributed by atoms with Crippen molar-refractivity contribution in [3.8, 4) is 0 Å². The van der Waals surface area contributed by atoms with Crippen LogP contribution in [0.3, 0.4) is 0 Å². The summed E-state index contributed by atoms with van der Waals surface area (Å²) in [5.74, 6) is -0.731. The number of Topliss-reactive ketones (excluding diaryl/α,β-unsaturated/α-hetero) is 1. The van der Waals surface area contributed by atoms with Crippen LogP contribution in [0, 0.1) is 0 Å². The number of carbonyl (C=O) groups is 2. The van der Waals surface area contributed by atoms with Crippen molar-refractivity contribution >= 4 is 27.7 Å². The van der Waals surface area contributed by atoms with Gasteiger partial charge in [-0.15, -0.1) is 0 Å². The molecule has 1 atom stereocenters. The quantitative estimate of drug-likeness (QED) is 0.535. The normalized spacial score (nSPS) is 12.5. The van der Waals surface area contributed by atoms with Gasteiger partial charge in [-0.3, -0.25) is 4.79 Å². The average Bonchev–Trinajstić information content (AvgIpc) is 2.53. The SMILES string of the molecule is C[C@@H](OC(=O)c1ccccc1Br)C(=O)c1ccc(C(C)(C)C)cc1. The Bertz CT molecular complexity index is 742. The molecular weight excluding hydrogens is 368 g/mol. The number of benzene rings is 2. The second-order valence-corrected chi connectivity index (χ2v) is 7.57. The van der Waals surface area contributed by atoms with Gasteiger partial charge >= 0.3 is 5.97 Å². The van der Waals surface area contributed by atoms with Crippen molar-refractivity contribution in [1.82, 2.24) is 0 Å². The zero-order chi connectivity index (χ0) is 17.9. The zero-order valence-electron chi connectivity index (χ0n) is 14.3. The fourth-order valence-corrected chi connectivity index (χ4v) is 2.72. The molecule has 126 valence electrons. The summed E-state index contributed by atoms with van der Waals surface area (Å²) in [6.07, 6.45) is -0.843. The zero-order valence-corrected chi connectivity index (χ0v) is 15.9. The molecule has 24 heavy (non-hydrogen) atoms. The molecule has 2 aromatic carbocycles. The van der Waals surface area contributed by atoms with Crippen LogP contribution in [-0.4, -0.2) is 17.9 Å². The highest BCUT2D eigenvalue weighted by Gasteiger charge is 2.22. The molecule has 2 aromatic rings. The maximum atomic E-state index is 12.5. The van der Waals surface area contributed by atoms with E-state index in [1.807, 2.05) is 18.2 Å². The highest BCUT2D eigenvalue weighted by Crippen LogP contribution is 2.23. The van der Waals surface area contributed by atoms with E-state index in [0.717, 1.165) is 5.56 Å². The molecule has 4 heteroatoms. The van der Waals surface area contributed by atoms with Gasteiger partial charge in [0.1, 0.15) is 0 Å². The van der Waals surface area contributed by atoms with Crippen molar-refractivity contribution in [2.24, 2.45) is 0 Å². The van der Waals surface area contributed by atoms with E-state index in [4.69, 9.17) is 4.74 Å². The summed E-state index contributed by atoms with van der Waals surface area (Å²) in [5, 5.41) is 0. The summed E-state index contributed by atoms with van der Waals surface area (Å²) in [7, 11) is 0. The van der Waals surface area contributed by atoms with Crippen LogP contribution in [0.5, 0.6) is 0 Å². The highest BCUT2D eigenvalue weighted by atomic mass is 79.9. The Morgan fingerprint density at radius 1 is 1.00 bits per heavy atom. The van der Waals surface area contributed by atoms with Crippen LogP contribution in [0.15, 0.2) is 53.0 Å². The molecular formula is C20H21BrO3. The predicted octanol–water partition coefficient (Wildman–Crippen LogP) is 5.17. The summed E-state index contributed by atoms with van der Waals surface area (Å²) >= 11 is 3.31. The molecule has 0 saturated heterocycles. The van der Waals surface area contributed by atoms with Crippen molar-refractivity contribution in [2.45, 2.75) is 39.2 Å². The number of carbonyl (C=O) groups excluding carboxylic acids is 2. The lowest BCUT2D eigenvalue weighted by Gasteiger charge is -2.19. The molecule has 0 heterocycles. The summed E-state index contributed by atoms with van der Waals surface area (Å²) in [6, 6.07) is 14.4. The van der Waals surface area contributed by atoms with E-state index in [2.05, 4.69) is 36.7 Å². The first-order chi connectivity index (χ1) is 11.2. The average molecular weight is 389 g/mol. The lowest BCUT2D eigenvalue weighted by atomic mass is 9.86. The molecule has 0 N–H and O–H groups in total. The lowest BCUT2D eigenvalue weighted by molar-refractivity contribution is 0.0318. The minimum Gasteiger partial charge on any atom is -0.451 e. The Morgan fingerprint density at radius 2 is 1.58 bits per heavy atom. The van der Waals surface area contributed by atoms with Gasteiger partial charge in [-0.05, 0) is 46.0 Å². The van der Waals surface area contributed by atoms with E-state index in [1.54, 1.807) is 37.3 Å². The second kappa shape index (κ2) is 7.31. The van der Waals surface area contributed by atoms with Gasteiger partial charge in [-0.25, -0.2) is 4.79 Å². The summed E-state index contributed by atoms with van der Waals surface area (Å²) in [5.41, 5.74) is 2.12. The molecule has 0 saturated carbocycles. The molecule has 0 aromatic heterocycles. The van der Waals surface area contributed by atoms with Crippen LogP contribution in [0.25, 0.3) is 0 Å². The Hall–Kier alpha value is -1.94. The number of rotatable bonds is 4. The van der Waals surface area contributed by atoms with Crippen molar-refractivity contribution in [2.75, 3.05) is 0 Å². The predicted molar refractivity (Wildman–Crippen MR) is 98.5 cm³/mol. The lowest BCUT2D eigenvalue weighted by Crippen LogP contribution is -2.24. The van der Waals surface area contributed by atoms with Crippen LogP contribution in [-0.2, 0) is 10.2 Å². The number of ether oxygens (including phenoxy) is 1. The number of hydrogen-bond donors (Lipinski definition) is 0. The first-order valence-electron chi connectivity index (χ1n) is 7.80. The Balaban J connectivity index is 2.10. The maximum absolute atomic E-state index is 12.5. The van der Waals surface area contributed by atoms with Gasteiger partial charge in [0.15, 0.2) is 6.10 Å². The van der Waals surface area contributed by atoms with E-state index < -0.39 is 12.1 Å². The van der Waals surface area contributed by atoms with Crippen LogP contribution >= 0.6 is 15.9 Å². The highest BCUT2D eigenvalue weighted by molar-refractivity contribution is 9.10. The van der Waals surface area contributed by atoms with Crippen LogP contribution in [0.1, 0.15) is 54.0 Å². The molecule has 0 aliphatic carbocycles. The topological polar surface area (TPSA) is 43.4 Å². The number of ketones is 1. The van der Waals surface area contributed by atoms with E-state index in [-0.39, 0.29) is 11.2 Å². The van der Waals surface area contributed by atoms with E-state index in [1.165, 1.54) is 0 Å². The van der Waals surface area contributed by atoms with Crippen molar-refractivity contribution in [1.29, 1.82) is 0 Å². The largest absolute Gasteiger partial charge is 0.451 e.